The van der Waals surface area contributed by atoms with Crippen LogP contribution in [0.4, 0.5) is 13.2 Å². The maximum absolute atomic E-state index is 11.9. The van der Waals surface area contributed by atoms with Gasteiger partial charge in [0, 0.05) is 30.5 Å². The molecule has 0 aliphatic carbocycles. The van der Waals surface area contributed by atoms with E-state index in [1.54, 1.807) is 13.0 Å². The first kappa shape index (κ1) is 22.7. The van der Waals surface area contributed by atoms with Crippen LogP contribution < -0.4 is 10.9 Å². The highest BCUT2D eigenvalue weighted by molar-refractivity contribution is 5.94. The van der Waals surface area contributed by atoms with Gasteiger partial charge in [0.15, 0.2) is 0 Å². The summed E-state index contributed by atoms with van der Waals surface area (Å²) >= 11 is 0. The number of ether oxygens (including phenoxy) is 1. The van der Waals surface area contributed by atoms with Crippen LogP contribution in [0.1, 0.15) is 48.2 Å². The third kappa shape index (κ3) is 9.23. The van der Waals surface area contributed by atoms with E-state index in [0.29, 0.717) is 23.9 Å². The lowest BCUT2D eigenvalue weighted by molar-refractivity contribution is -0.192. The first-order valence-corrected chi connectivity index (χ1v) is 8.50. The number of pyridine rings is 1. The fourth-order valence-corrected chi connectivity index (χ4v) is 2.49. The zero-order valence-corrected chi connectivity index (χ0v) is 14.9. The fraction of sp³-hybridized carbons (Fsp3) is 0.588. The Hall–Kier alpha value is -2.36. The number of rotatable bonds is 6. The van der Waals surface area contributed by atoms with E-state index < -0.39 is 12.1 Å². The molecule has 0 aromatic carbocycles. The van der Waals surface area contributed by atoms with Crippen LogP contribution >= 0.6 is 0 Å². The van der Waals surface area contributed by atoms with Gasteiger partial charge in [0.05, 0.1) is 6.10 Å². The highest BCUT2D eigenvalue weighted by Gasteiger charge is 2.38. The van der Waals surface area contributed by atoms with Crippen molar-refractivity contribution in [3.63, 3.8) is 0 Å². The number of carboxylic acid groups (broad SMARTS) is 1. The molecule has 2 heterocycles. The first-order valence-electron chi connectivity index (χ1n) is 8.50. The number of aliphatic carboxylic acids is 1. The van der Waals surface area contributed by atoms with Gasteiger partial charge in [-0.15, -0.1) is 0 Å². The average molecular weight is 392 g/mol. The molecule has 152 valence electrons. The molecule has 1 amide bonds. The van der Waals surface area contributed by atoms with E-state index >= 15 is 0 Å². The van der Waals surface area contributed by atoms with Crippen molar-refractivity contribution in [3.05, 3.63) is 33.7 Å². The van der Waals surface area contributed by atoms with Crippen LogP contribution in [0.5, 0.6) is 0 Å². The second kappa shape index (κ2) is 10.7. The Bertz CT molecular complexity index is 682. The van der Waals surface area contributed by atoms with Crippen molar-refractivity contribution in [2.45, 2.75) is 51.3 Å². The SMILES string of the molecule is Cc1cc(C(=O)NCCCCC2CCCO2)cc(=O)[nH]1.O=C(O)C(F)(F)F. The molecule has 0 radical (unpaired) electrons. The van der Waals surface area contributed by atoms with Crippen molar-refractivity contribution < 1.29 is 32.6 Å². The molecule has 7 nitrogen and oxygen atoms in total. The van der Waals surface area contributed by atoms with Crippen LogP contribution in [0.2, 0.25) is 0 Å². The van der Waals surface area contributed by atoms with Gasteiger partial charge in [0.1, 0.15) is 0 Å². The van der Waals surface area contributed by atoms with Gasteiger partial charge < -0.3 is 20.1 Å². The molecular weight excluding hydrogens is 369 g/mol. The maximum Gasteiger partial charge on any atom is 0.490 e. The van der Waals surface area contributed by atoms with Crippen LogP contribution in [0.25, 0.3) is 0 Å². The molecule has 1 aromatic rings. The maximum atomic E-state index is 11.9. The van der Waals surface area contributed by atoms with Crippen LogP contribution in [0.15, 0.2) is 16.9 Å². The Balaban J connectivity index is 0.000000445. The van der Waals surface area contributed by atoms with Crippen LogP contribution in [-0.4, -0.2) is 47.4 Å². The minimum atomic E-state index is -5.08. The van der Waals surface area contributed by atoms with Crippen molar-refractivity contribution in [1.29, 1.82) is 0 Å². The van der Waals surface area contributed by atoms with Gasteiger partial charge in [-0.3, -0.25) is 9.59 Å². The normalized spacial score (nSPS) is 16.4. The van der Waals surface area contributed by atoms with Gasteiger partial charge in [0.2, 0.25) is 5.56 Å². The molecule has 0 saturated carbocycles. The summed E-state index contributed by atoms with van der Waals surface area (Å²) in [7, 11) is 0. The number of aromatic nitrogens is 1. The van der Waals surface area contributed by atoms with Crippen molar-refractivity contribution in [1.82, 2.24) is 10.3 Å². The Kier molecular flexibility index (Phi) is 8.99. The lowest BCUT2D eigenvalue weighted by atomic mass is 10.1. The minimum absolute atomic E-state index is 0.184. The quantitative estimate of drug-likeness (QED) is 0.644. The van der Waals surface area contributed by atoms with E-state index in [-0.39, 0.29) is 11.5 Å². The molecular formula is C17H23F3N2O5. The Morgan fingerprint density at radius 2 is 2.00 bits per heavy atom. The smallest absolute Gasteiger partial charge is 0.475 e. The summed E-state index contributed by atoms with van der Waals surface area (Å²) in [5, 5.41) is 9.97. The standard InChI is InChI=1S/C15H22N2O3.C2HF3O2/c1-11-9-12(10-14(18)17-11)15(19)16-7-3-2-5-13-6-4-8-20-13;3-2(4,5)1(6)7/h9-10,13H,2-8H2,1H3,(H,16,19)(H,17,18);(H,6,7). The second-order valence-corrected chi connectivity index (χ2v) is 6.11. The first-order chi connectivity index (χ1) is 12.6. The number of H-pyrrole nitrogens is 1. The van der Waals surface area contributed by atoms with Crippen molar-refractivity contribution in [2.75, 3.05) is 13.2 Å². The topological polar surface area (TPSA) is 108 Å². The summed E-state index contributed by atoms with van der Waals surface area (Å²) in [4.78, 5) is 34.7. The number of hydrogen-bond acceptors (Lipinski definition) is 4. The van der Waals surface area contributed by atoms with Crippen molar-refractivity contribution in [2.24, 2.45) is 0 Å². The largest absolute Gasteiger partial charge is 0.490 e. The van der Waals surface area contributed by atoms with E-state index in [0.717, 1.165) is 25.9 Å². The zero-order chi connectivity index (χ0) is 20.4. The number of unbranched alkanes of at least 4 members (excludes halogenated alkanes) is 1. The molecule has 1 aliphatic rings. The number of nitrogens with one attached hydrogen (secondary N) is 2. The summed E-state index contributed by atoms with van der Waals surface area (Å²) in [5.41, 5.74) is 0.875. The van der Waals surface area contributed by atoms with Crippen LogP contribution in [0.3, 0.4) is 0 Å². The number of alkyl halides is 3. The third-order valence-corrected chi connectivity index (χ3v) is 3.75. The molecule has 0 bridgehead atoms. The highest BCUT2D eigenvalue weighted by Crippen LogP contribution is 2.17. The molecule has 1 aromatic heterocycles. The molecule has 1 atom stereocenters. The summed E-state index contributed by atoms with van der Waals surface area (Å²) in [5.74, 6) is -2.94. The zero-order valence-electron chi connectivity index (χ0n) is 14.9. The highest BCUT2D eigenvalue weighted by atomic mass is 19.4. The molecule has 27 heavy (non-hydrogen) atoms. The predicted octanol–water partition coefficient (Wildman–Crippen LogP) is 2.40. The summed E-state index contributed by atoms with van der Waals surface area (Å²) in [6.45, 7) is 3.29. The van der Waals surface area contributed by atoms with Gasteiger partial charge in [-0.05, 0) is 45.1 Å². The number of carbonyl (C=O) groups is 2. The van der Waals surface area contributed by atoms with E-state index in [2.05, 4.69) is 10.3 Å². The summed E-state index contributed by atoms with van der Waals surface area (Å²) < 4.78 is 37.3. The van der Waals surface area contributed by atoms with Crippen molar-refractivity contribution in [3.8, 4) is 0 Å². The lowest BCUT2D eigenvalue weighted by Crippen LogP contribution is -2.26. The number of aryl methyl sites for hydroxylation is 1. The third-order valence-electron chi connectivity index (χ3n) is 3.75. The van der Waals surface area contributed by atoms with E-state index in [1.807, 2.05) is 0 Å². The molecule has 1 fully saturated rings. The Labute approximate surface area is 153 Å². The van der Waals surface area contributed by atoms with Gasteiger partial charge in [0.25, 0.3) is 5.91 Å². The van der Waals surface area contributed by atoms with E-state index in [1.165, 1.54) is 18.9 Å². The molecule has 3 N–H and O–H groups in total. The molecule has 1 aliphatic heterocycles. The Morgan fingerprint density at radius 1 is 1.33 bits per heavy atom. The van der Waals surface area contributed by atoms with Crippen LogP contribution in [-0.2, 0) is 9.53 Å². The monoisotopic (exact) mass is 392 g/mol. The fourth-order valence-electron chi connectivity index (χ4n) is 2.49. The predicted molar refractivity (Wildman–Crippen MR) is 90.6 cm³/mol. The van der Waals surface area contributed by atoms with E-state index in [4.69, 9.17) is 14.6 Å². The van der Waals surface area contributed by atoms with Crippen LogP contribution in [0, 0.1) is 6.92 Å². The number of carbonyl (C=O) groups excluding carboxylic acids is 1. The Morgan fingerprint density at radius 3 is 2.52 bits per heavy atom. The molecule has 1 saturated heterocycles. The molecule has 2 rings (SSSR count). The average Bonchev–Trinajstić information content (AvgIpc) is 3.06. The number of carboxylic acids is 1. The number of hydrogen-bond donors (Lipinski definition) is 3. The number of halogens is 3. The minimum Gasteiger partial charge on any atom is -0.475 e. The molecule has 0 spiro atoms. The van der Waals surface area contributed by atoms with E-state index in [9.17, 15) is 22.8 Å². The number of aromatic amines is 1. The number of amides is 1. The second-order valence-electron chi connectivity index (χ2n) is 6.11. The summed E-state index contributed by atoms with van der Waals surface area (Å²) in [6.07, 6.45) is 0.732. The van der Waals surface area contributed by atoms with Gasteiger partial charge in [-0.25, -0.2) is 4.79 Å². The van der Waals surface area contributed by atoms with Gasteiger partial charge >= 0.3 is 12.1 Å². The van der Waals surface area contributed by atoms with Crippen molar-refractivity contribution >= 4 is 11.9 Å². The summed E-state index contributed by atoms with van der Waals surface area (Å²) in [6, 6.07) is 3.01. The lowest BCUT2D eigenvalue weighted by Gasteiger charge is -2.09. The van der Waals surface area contributed by atoms with Gasteiger partial charge in [-0.1, -0.05) is 0 Å². The molecule has 10 heteroatoms. The molecule has 1 unspecified atom stereocenters. The van der Waals surface area contributed by atoms with Gasteiger partial charge in [-0.2, -0.15) is 13.2 Å².